The third-order valence-electron chi connectivity index (χ3n) is 3.07. The first-order valence-electron chi connectivity index (χ1n) is 5.51. The zero-order valence-corrected chi connectivity index (χ0v) is 12.2. The lowest BCUT2D eigenvalue weighted by atomic mass is 10.1. The zero-order valence-electron chi connectivity index (χ0n) is 9.75. The highest BCUT2D eigenvalue weighted by atomic mass is 79.9. The smallest absolute Gasteiger partial charge is 0.137 e. The number of rotatable bonds is 3. The van der Waals surface area contributed by atoms with Crippen LogP contribution in [-0.4, -0.2) is 31.1 Å². The van der Waals surface area contributed by atoms with Crippen LogP contribution in [0.4, 0.5) is 4.39 Å². The van der Waals surface area contributed by atoms with Crippen molar-refractivity contribution in [1.82, 2.24) is 10.2 Å². The Hall–Kier alpha value is -0.160. The first kappa shape index (κ1) is 14.9. The molecule has 0 aromatic heterocycles. The van der Waals surface area contributed by atoms with Gasteiger partial charge in [0.25, 0.3) is 0 Å². The van der Waals surface area contributed by atoms with Gasteiger partial charge in [-0.15, -0.1) is 12.4 Å². The van der Waals surface area contributed by atoms with Gasteiger partial charge >= 0.3 is 0 Å². The molecule has 0 bridgehead atoms. The second-order valence-electron chi connectivity index (χ2n) is 4.31. The predicted octanol–water partition coefficient (Wildman–Crippen LogP) is 2.80. The Bertz CT molecular complexity index is 370. The van der Waals surface area contributed by atoms with Gasteiger partial charge < -0.3 is 5.32 Å². The van der Waals surface area contributed by atoms with E-state index in [9.17, 15) is 4.39 Å². The highest BCUT2D eigenvalue weighted by Gasteiger charge is 2.19. The summed E-state index contributed by atoms with van der Waals surface area (Å²) >= 11 is 3.21. The van der Waals surface area contributed by atoms with Gasteiger partial charge in [-0.25, -0.2) is 4.39 Å². The molecule has 2 nitrogen and oxygen atoms in total. The van der Waals surface area contributed by atoms with E-state index in [4.69, 9.17) is 0 Å². The molecule has 1 saturated heterocycles. The maximum absolute atomic E-state index is 13.1. The minimum absolute atomic E-state index is 0. The monoisotopic (exact) mass is 322 g/mol. The van der Waals surface area contributed by atoms with E-state index >= 15 is 0 Å². The molecule has 1 atom stereocenters. The van der Waals surface area contributed by atoms with E-state index in [1.54, 1.807) is 0 Å². The van der Waals surface area contributed by atoms with Gasteiger partial charge in [0.1, 0.15) is 5.82 Å². The molecule has 1 unspecified atom stereocenters. The molecule has 2 rings (SSSR count). The summed E-state index contributed by atoms with van der Waals surface area (Å²) in [5.74, 6) is -0.200. The number of likely N-dealkylation sites (N-methyl/N-ethyl adjacent to an activating group) is 1. The molecule has 1 aromatic rings. The molecule has 1 N–H and O–H groups in total. The third-order valence-corrected chi connectivity index (χ3v) is 3.68. The summed E-state index contributed by atoms with van der Waals surface area (Å²) in [6, 6.07) is 5.82. The fourth-order valence-corrected chi connectivity index (χ4v) is 2.50. The molecule has 1 aromatic carbocycles. The van der Waals surface area contributed by atoms with Crippen molar-refractivity contribution in [1.29, 1.82) is 0 Å². The van der Waals surface area contributed by atoms with Gasteiger partial charge in [0.2, 0.25) is 0 Å². The minimum Gasteiger partial charge on any atom is -0.315 e. The molecule has 0 radical (unpaired) electrons. The van der Waals surface area contributed by atoms with Crippen molar-refractivity contribution < 1.29 is 4.39 Å². The van der Waals surface area contributed by atoms with E-state index in [2.05, 4.69) is 33.2 Å². The van der Waals surface area contributed by atoms with Crippen LogP contribution < -0.4 is 5.32 Å². The molecule has 17 heavy (non-hydrogen) atoms. The van der Waals surface area contributed by atoms with E-state index in [0.29, 0.717) is 10.5 Å². The van der Waals surface area contributed by atoms with Crippen LogP contribution in [0.15, 0.2) is 22.7 Å². The maximum Gasteiger partial charge on any atom is 0.137 e. The Morgan fingerprint density at radius 2 is 2.29 bits per heavy atom. The molecular formula is C12H17BrClFN2. The Kier molecular flexibility index (Phi) is 5.86. The number of nitrogens with one attached hydrogen (secondary N) is 1. The van der Waals surface area contributed by atoms with Crippen LogP contribution in [0.3, 0.4) is 0 Å². The van der Waals surface area contributed by atoms with E-state index in [0.717, 1.165) is 25.2 Å². The van der Waals surface area contributed by atoms with Crippen molar-refractivity contribution in [2.24, 2.45) is 0 Å². The lowest BCUT2D eigenvalue weighted by molar-refractivity contribution is 0.249. The van der Waals surface area contributed by atoms with E-state index < -0.39 is 0 Å². The molecule has 1 aliphatic rings. The van der Waals surface area contributed by atoms with Gasteiger partial charge in [0.15, 0.2) is 0 Å². The van der Waals surface area contributed by atoms with Crippen LogP contribution in [0.2, 0.25) is 0 Å². The maximum atomic E-state index is 13.1. The number of hydrogen-bond donors (Lipinski definition) is 1. The summed E-state index contributed by atoms with van der Waals surface area (Å²) in [5, 5.41) is 3.35. The Balaban J connectivity index is 0.00000144. The van der Waals surface area contributed by atoms with Crippen LogP contribution in [0, 0.1) is 5.82 Å². The predicted molar refractivity (Wildman–Crippen MR) is 74.1 cm³/mol. The van der Waals surface area contributed by atoms with Gasteiger partial charge in [-0.3, -0.25) is 4.90 Å². The summed E-state index contributed by atoms with van der Waals surface area (Å²) in [6.45, 7) is 3.02. The van der Waals surface area contributed by atoms with Crippen molar-refractivity contribution in [3.8, 4) is 0 Å². The minimum atomic E-state index is -0.200. The van der Waals surface area contributed by atoms with Crippen LogP contribution in [0.1, 0.15) is 12.0 Å². The van der Waals surface area contributed by atoms with Crippen LogP contribution in [0.25, 0.3) is 0 Å². The molecule has 0 saturated carbocycles. The Labute approximate surface area is 116 Å². The highest BCUT2D eigenvalue weighted by molar-refractivity contribution is 9.10. The van der Waals surface area contributed by atoms with Crippen molar-refractivity contribution in [2.45, 2.75) is 19.0 Å². The first-order valence-corrected chi connectivity index (χ1v) is 6.31. The molecule has 0 spiro atoms. The van der Waals surface area contributed by atoms with Gasteiger partial charge in [-0.2, -0.15) is 0 Å². The van der Waals surface area contributed by atoms with Gasteiger partial charge in [0, 0.05) is 19.1 Å². The Morgan fingerprint density at radius 3 is 2.88 bits per heavy atom. The molecule has 1 heterocycles. The van der Waals surface area contributed by atoms with Crippen molar-refractivity contribution in [2.75, 3.05) is 20.1 Å². The van der Waals surface area contributed by atoms with Crippen LogP contribution in [-0.2, 0) is 6.54 Å². The fourth-order valence-electron chi connectivity index (χ4n) is 2.07. The second kappa shape index (κ2) is 6.69. The molecule has 1 fully saturated rings. The number of hydrogen-bond acceptors (Lipinski definition) is 2. The molecule has 96 valence electrons. The van der Waals surface area contributed by atoms with E-state index in [-0.39, 0.29) is 18.2 Å². The standard InChI is InChI=1S/C12H16BrFN2.ClH/c1-16(10-4-5-15-7-10)8-9-2-3-12(14)11(13)6-9;/h2-3,6,10,15H,4-5,7-8H2,1H3;1H. The summed E-state index contributed by atoms with van der Waals surface area (Å²) in [4.78, 5) is 2.32. The van der Waals surface area contributed by atoms with Crippen molar-refractivity contribution >= 4 is 28.3 Å². The highest BCUT2D eigenvalue weighted by Crippen LogP contribution is 2.19. The average Bonchev–Trinajstić information content (AvgIpc) is 2.77. The molecule has 1 aliphatic heterocycles. The molecule has 5 heteroatoms. The van der Waals surface area contributed by atoms with Gasteiger partial charge in [0.05, 0.1) is 4.47 Å². The number of nitrogens with zero attached hydrogens (tertiary/aromatic N) is 1. The van der Waals surface area contributed by atoms with E-state index in [1.165, 1.54) is 12.5 Å². The van der Waals surface area contributed by atoms with Crippen molar-refractivity contribution in [3.63, 3.8) is 0 Å². The molecular weight excluding hydrogens is 307 g/mol. The summed E-state index contributed by atoms with van der Waals surface area (Å²) in [6.07, 6.45) is 1.19. The normalized spacial score (nSPS) is 19.4. The van der Waals surface area contributed by atoms with E-state index in [1.807, 2.05) is 12.1 Å². The van der Waals surface area contributed by atoms with Gasteiger partial charge in [-0.1, -0.05) is 6.07 Å². The lowest BCUT2D eigenvalue weighted by Crippen LogP contribution is -2.32. The number of halogens is 3. The molecule has 0 amide bonds. The third kappa shape index (κ3) is 3.91. The summed E-state index contributed by atoms with van der Waals surface area (Å²) in [7, 11) is 2.12. The largest absolute Gasteiger partial charge is 0.315 e. The first-order chi connectivity index (χ1) is 7.66. The fraction of sp³-hybridized carbons (Fsp3) is 0.500. The number of benzene rings is 1. The SMILES string of the molecule is CN(Cc1ccc(F)c(Br)c1)C1CCNC1.Cl. The quantitative estimate of drug-likeness (QED) is 0.920. The zero-order chi connectivity index (χ0) is 11.5. The van der Waals surface area contributed by atoms with Crippen molar-refractivity contribution in [3.05, 3.63) is 34.1 Å². The molecule has 0 aliphatic carbocycles. The summed E-state index contributed by atoms with van der Waals surface area (Å²) < 4.78 is 13.6. The van der Waals surface area contributed by atoms with Crippen LogP contribution >= 0.6 is 28.3 Å². The lowest BCUT2D eigenvalue weighted by Gasteiger charge is -2.23. The van der Waals surface area contributed by atoms with Crippen LogP contribution in [0.5, 0.6) is 0 Å². The topological polar surface area (TPSA) is 15.3 Å². The average molecular weight is 324 g/mol. The second-order valence-corrected chi connectivity index (χ2v) is 5.16. The summed E-state index contributed by atoms with van der Waals surface area (Å²) in [5.41, 5.74) is 1.14. The Morgan fingerprint density at radius 1 is 1.53 bits per heavy atom. The van der Waals surface area contributed by atoms with Gasteiger partial charge in [-0.05, 0) is 53.6 Å².